The highest BCUT2D eigenvalue weighted by molar-refractivity contribution is 7.09. The standard InChI is InChI=1S/C10H16N2S/c11-10(9-6-12-7-13-9)8-4-2-1-3-5-8/h6-8,10H,1-5,11H2. The lowest BCUT2D eigenvalue weighted by Crippen LogP contribution is -2.22. The quantitative estimate of drug-likeness (QED) is 0.790. The zero-order valence-electron chi connectivity index (χ0n) is 7.78. The van der Waals surface area contributed by atoms with E-state index in [1.807, 2.05) is 11.7 Å². The maximum absolute atomic E-state index is 6.18. The molecule has 0 radical (unpaired) electrons. The molecule has 1 fully saturated rings. The van der Waals surface area contributed by atoms with Gasteiger partial charge in [-0.05, 0) is 18.8 Å². The van der Waals surface area contributed by atoms with Gasteiger partial charge in [0.15, 0.2) is 0 Å². The Kier molecular flexibility index (Phi) is 2.96. The lowest BCUT2D eigenvalue weighted by molar-refractivity contribution is 0.310. The second-order valence-electron chi connectivity index (χ2n) is 3.83. The normalized spacial score (nSPS) is 21.6. The van der Waals surface area contributed by atoms with Gasteiger partial charge in [-0.2, -0.15) is 0 Å². The Bertz CT molecular complexity index is 239. The molecule has 0 spiro atoms. The van der Waals surface area contributed by atoms with E-state index in [1.54, 1.807) is 11.3 Å². The smallest absolute Gasteiger partial charge is 0.0794 e. The molecule has 1 unspecified atom stereocenters. The predicted octanol–water partition coefficient (Wildman–Crippen LogP) is 2.72. The van der Waals surface area contributed by atoms with Gasteiger partial charge in [0.2, 0.25) is 0 Å². The first-order valence-corrected chi connectivity index (χ1v) is 5.90. The Morgan fingerprint density at radius 1 is 1.38 bits per heavy atom. The van der Waals surface area contributed by atoms with Crippen molar-refractivity contribution in [2.24, 2.45) is 11.7 Å². The van der Waals surface area contributed by atoms with E-state index >= 15 is 0 Å². The van der Waals surface area contributed by atoms with Crippen LogP contribution in [0.3, 0.4) is 0 Å². The highest BCUT2D eigenvalue weighted by atomic mass is 32.1. The molecule has 2 N–H and O–H groups in total. The molecule has 0 aromatic carbocycles. The number of rotatable bonds is 2. The number of hydrogen-bond donors (Lipinski definition) is 1. The maximum Gasteiger partial charge on any atom is 0.0794 e. The summed E-state index contributed by atoms with van der Waals surface area (Å²) in [6, 6.07) is 0.243. The second-order valence-corrected chi connectivity index (χ2v) is 4.75. The van der Waals surface area contributed by atoms with E-state index in [-0.39, 0.29) is 6.04 Å². The molecule has 0 bridgehead atoms. The van der Waals surface area contributed by atoms with Crippen molar-refractivity contribution in [3.8, 4) is 0 Å². The van der Waals surface area contributed by atoms with Gasteiger partial charge < -0.3 is 5.73 Å². The number of thiazole rings is 1. The number of aromatic nitrogens is 1. The molecule has 72 valence electrons. The lowest BCUT2D eigenvalue weighted by Gasteiger charge is -2.26. The fourth-order valence-corrected chi connectivity index (χ4v) is 2.83. The summed E-state index contributed by atoms with van der Waals surface area (Å²) in [7, 11) is 0. The molecule has 1 aliphatic carbocycles. The second kappa shape index (κ2) is 4.20. The third-order valence-electron chi connectivity index (χ3n) is 2.94. The summed E-state index contributed by atoms with van der Waals surface area (Å²) in [6.45, 7) is 0. The third-order valence-corrected chi connectivity index (χ3v) is 3.81. The van der Waals surface area contributed by atoms with Crippen molar-refractivity contribution in [3.63, 3.8) is 0 Å². The van der Waals surface area contributed by atoms with E-state index < -0.39 is 0 Å². The highest BCUT2D eigenvalue weighted by Crippen LogP contribution is 2.33. The van der Waals surface area contributed by atoms with Gasteiger partial charge in [0.05, 0.1) is 5.51 Å². The Labute approximate surface area is 83.2 Å². The van der Waals surface area contributed by atoms with Crippen molar-refractivity contribution < 1.29 is 0 Å². The van der Waals surface area contributed by atoms with Gasteiger partial charge in [-0.1, -0.05) is 19.3 Å². The first kappa shape index (κ1) is 9.16. The van der Waals surface area contributed by atoms with Crippen LogP contribution in [0.1, 0.15) is 43.0 Å². The van der Waals surface area contributed by atoms with Crippen molar-refractivity contribution in [1.82, 2.24) is 4.98 Å². The summed E-state index contributed by atoms with van der Waals surface area (Å²) in [5.41, 5.74) is 8.06. The summed E-state index contributed by atoms with van der Waals surface area (Å²) in [5.74, 6) is 0.703. The molecule has 0 amide bonds. The lowest BCUT2D eigenvalue weighted by atomic mass is 9.84. The molecule has 1 aromatic heterocycles. The van der Waals surface area contributed by atoms with E-state index in [2.05, 4.69) is 4.98 Å². The molecule has 0 aliphatic heterocycles. The summed E-state index contributed by atoms with van der Waals surface area (Å²) >= 11 is 1.69. The summed E-state index contributed by atoms with van der Waals surface area (Å²) in [6.07, 6.45) is 8.64. The van der Waals surface area contributed by atoms with Gasteiger partial charge in [0.25, 0.3) is 0 Å². The molecule has 2 nitrogen and oxygen atoms in total. The highest BCUT2D eigenvalue weighted by Gasteiger charge is 2.22. The van der Waals surface area contributed by atoms with Crippen LogP contribution in [0.2, 0.25) is 0 Å². The fraction of sp³-hybridized carbons (Fsp3) is 0.700. The van der Waals surface area contributed by atoms with Crippen LogP contribution < -0.4 is 5.73 Å². The van der Waals surface area contributed by atoms with Gasteiger partial charge in [-0.3, -0.25) is 4.98 Å². The summed E-state index contributed by atoms with van der Waals surface area (Å²) in [5, 5.41) is 0. The number of nitrogens with zero attached hydrogens (tertiary/aromatic N) is 1. The van der Waals surface area contributed by atoms with Crippen molar-refractivity contribution in [1.29, 1.82) is 0 Å². The molecule has 3 heteroatoms. The fourth-order valence-electron chi connectivity index (χ4n) is 2.12. The van der Waals surface area contributed by atoms with Crippen LogP contribution in [0.5, 0.6) is 0 Å². The molecule has 2 rings (SSSR count). The number of nitrogens with two attached hydrogens (primary N) is 1. The Morgan fingerprint density at radius 3 is 2.77 bits per heavy atom. The van der Waals surface area contributed by atoms with E-state index in [0.717, 1.165) is 0 Å². The molecule has 1 atom stereocenters. The minimum absolute atomic E-state index is 0.243. The first-order chi connectivity index (χ1) is 6.38. The van der Waals surface area contributed by atoms with Gasteiger partial charge >= 0.3 is 0 Å². The summed E-state index contributed by atoms with van der Waals surface area (Å²) in [4.78, 5) is 5.33. The van der Waals surface area contributed by atoms with Gasteiger partial charge in [0, 0.05) is 17.1 Å². The van der Waals surface area contributed by atoms with Crippen LogP contribution in [0.4, 0.5) is 0 Å². The van der Waals surface area contributed by atoms with E-state index in [9.17, 15) is 0 Å². The van der Waals surface area contributed by atoms with E-state index in [4.69, 9.17) is 5.73 Å². The Hall–Kier alpha value is -0.410. The zero-order chi connectivity index (χ0) is 9.10. The van der Waals surface area contributed by atoms with Crippen LogP contribution in [0.15, 0.2) is 11.7 Å². The van der Waals surface area contributed by atoms with Crippen molar-refractivity contribution in [2.75, 3.05) is 0 Å². The zero-order valence-corrected chi connectivity index (χ0v) is 8.59. The Balaban J connectivity index is 1.99. The average Bonchev–Trinajstić information content (AvgIpc) is 2.71. The average molecular weight is 196 g/mol. The van der Waals surface area contributed by atoms with Gasteiger partial charge in [-0.25, -0.2) is 0 Å². The maximum atomic E-state index is 6.18. The minimum atomic E-state index is 0.243. The summed E-state index contributed by atoms with van der Waals surface area (Å²) < 4.78 is 0. The van der Waals surface area contributed by atoms with Gasteiger partial charge in [0.1, 0.15) is 0 Å². The van der Waals surface area contributed by atoms with E-state index in [0.29, 0.717) is 5.92 Å². The molecule has 1 aromatic rings. The third kappa shape index (κ3) is 2.09. The SMILES string of the molecule is NC(c1cncs1)C1CCCCC1. The van der Waals surface area contributed by atoms with Crippen LogP contribution in [-0.2, 0) is 0 Å². The van der Waals surface area contributed by atoms with Crippen LogP contribution in [-0.4, -0.2) is 4.98 Å². The van der Waals surface area contributed by atoms with Crippen molar-refractivity contribution in [3.05, 3.63) is 16.6 Å². The Morgan fingerprint density at radius 2 is 2.15 bits per heavy atom. The van der Waals surface area contributed by atoms with Crippen molar-refractivity contribution >= 4 is 11.3 Å². The number of hydrogen-bond acceptors (Lipinski definition) is 3. The minimum Gasteiger partial charge on any atom is -0.323 e. The predicted molar refractivity (Wildman–Crippen MR) is 55.6 cm³/mol. The topological polar surface area (TPSA) is 38.9 Å². The largest absolute Gasteiger partial charge is 0.323 e. The molecule has 1 saturated carbocycles. The van der Waals surface area contributed by atoms with Crippen LogP contribution in [0, 0.1) is 5.92 Å². The van der Waals surface area contributed by atoms with Gasteiger partial charge in [-0.15, -0.1) is 11.3 Å². The molecular formula is C10H16N2S. The molecule has 1 aliphatic rings. The van der Waals surface area contributed by atoms with Crippen LogP contribution >= 0.6 is 11.3 Å². The van der Waals surface area contributed by atoms with E-state index in [1.165, 1.54) is 37.0 Å². The molecule has 0 saturated heterocycles. The molecule has 1 heterocycles. The molecule has 13 heavy (non-hydrogen) atoms. The van der Waals surface area contributed by atoms with Crippen molar-refractivity contribution in [2.45, 2.75) is 38.1 Å². The van der Waals surface area contributed by atoms with Crippen LogP contribution in [0.25, 0.3) is 0 Å². The molecular weight excluding hydrogens is 180 g/mol. The first-order valence-electron chi connectivity index (χ1n) is 5.02. The monoisotopic (exact) mass is 196 g/mol.